The SMILES string of the molecule is CC(=O)N1CCCc2cc(NC(=O)C(=O)NCC[NH+]3CCOCC3)ccc21. The molecule has 146 valence electrons. The number of nitrogens with one attached hydrogen (secondary N) is 3. The van der Waals surface area contributed by atoms with Crippen molar-refractivity contribution in [3.8, 4) is 0 Å². The van der Waals surface area contributed by atoms with Crippen molar-refractivity contribution in [2.45, 2.75) is 19.8 Å². The highest BCUT2D eigenvalue weighted by molar-refractivity contribution is 6.39. The fraction of sp³-hybridized carbons (Fsp3) is 0.526. The topological polar surface area (TPSA) is 92.2 Å². The number of ether oxygens (including phenoxy) is 1. The first-order valence-electron chi connectivity index (χ1n) is 9.46. The van der Waals surface area contributed by atoms with Gasteiger partial charge in [0.15, 0.2) is 0 Å². The van der Waals surface area contributed by atoms with Crippen LogP contribution in [0.5, 0.6) is 0 Å². The lowest BCUT2D eigenvalue weighted by molar-refractivity contribution is -0.906. The number of carbonyl (C=O) groups is 3. The zero-order valence-electron chi connectivity index (χ0n) is 15.7. The highest BCUT2D eigenvalue weighted by atomic mass is 16.5. The Morgan fingerprint density at radius 2 is 1.96 bits per heavy atom. The second-order valence-electron chi connectivity index (χ2n) is 6.94. The molecule has 2 aliphatic rings. The van der Waals surface area contributed by atoms with Crippen molar-refractivity contribution in [3.05, 3.63) is 23.8 Å². The van der Waals surface area contributed by atoms with Gasteiger partial charge in [-0.25, -0.2) is 0 Å². The molecule has 0 spiro atoms. The van der Waals surface area contributed by atoms with Crippen molar-refractivity contribution >= 4 is 29.1 Å². The Kier molecular flexibility index (Phi) is 6.41. The summed E-state index contributed by atoms with van der Waals surface area (Å²) in [5.74, 6) is -1.30. The van der Waals surface area contributed by atoms with Crippen molar-refractivity contribution in [1.29, 1.82) is 0 Å². The van der Waals surface area contributed by atoms with Gasteiger partial charge in [-0.05, 0) is 36.6 Å². The first-order valence-corrected chi connectivity index (χ1v) is 9.46. The average molecular weight is 375 g/mol. The fourth-order valence-electron chi connectivity index (χ4n) is 3.53. The van der Waals surface area contributed by atoms with E-state index in [2.05, 4.69) is 10.6 Å². The summed E-state index contributed by atoms with van der Waals surface area (Å²) in [6.45, 7) is 6.83. The van der Waals surface area contributed by atoms with Gasteiger partial charge in [-0.1, -0.05) is 0 Å². The molecular weight excluding hydrogens is 348 g/mol. The van der Waals surface area contributed by atoms with Gasteiger partial charge in [0.1, 0.15) is 13.1 Å². The number of morpholine rings is 1. The number of nitrogens with zero attached hydrogens (tertiary/aromatic N) is 1. The highest BCUT2D eigenvalue weighted by Gasteiger charge is 2.21. The summed E-state index contributed by atoms with van der Waals surface area (Å²) in [6.07, 6.45) is 1.73. The van der Waals surface area contributed by atoms with Crippen LogP contribution in [0.4, 0.5) is 11.4 Å². The van der Waals surface area contributed by atoms with Gasteiger partial charge in [0.25, 0.3) is 0 Å². The number of hydrogen-bond donors (Lipinski definition) is 3. The first kappa shape index (κ1) is 19.3. The highest BCUT2D eigenvalue weighted by Crippen LogP contribution is 2.29. The van der Waals surface area contributed by atoms with Crippen LogP contribution in [0.3, 0.4) is 0 Å². The van der Waals surface area contributed by atoms with Gasteiger partial charge in [-0.3, -0.25) is 14.4 Å². The summed E-state index contributed by atoms with van der Waals surface area (Å²) in [4.78, 5) is 39.0. The molecule has 3 amide bonds. The van der Waals surface area contributed by atoms with Crippen LogP contribution in [0.25, 0.3) is 0 Å². The smallest absolute Gasteiger partial charge is 0.313 e. The van der Waals surface area contributed by atoms with Gasteiger partial charge in [0, 0.05) is 24.8 Å². The molecule has 27 heavy (non-hydrogen) atoms. The molecule has 0 aromatic heterocycles. The molecule has 0 atom stereocenters. The largest absolute Gasteiger partial charge is 0.370 e. The zero-order valence-corrected chi connectivity index (χ0v) is 15.7. The third-order valence-electron chi connectivity index (χ3n) is 5.01. The van der Waals surface area contributed by atoms with Crippen LogP contribution in [0.1, 0.15) is 18.9 Å². The first-order chi connectivity index (χ1) is 13.0. The van der Waals surface area contributed by atoms with E-state index in [0.29, 0.717) is 18.8 Å². The predicted molar refractivity (Wildman–Crippen MR) is 101 cm³/mol. The Bertz CT molecular complexity index is 716. The van der Waals surface area contributed by atoms with Gasteiger partial charge in [0.2, 0.25) is 5.91 Å². The van der Waals surface area contributed by atoms with E-state index in [4.69, 9.17) is 4.74 Å². The molecular formula is C19H27N4O4+. The van der Waals surface area contributed by atoms with Gasteiger partial charge < -0.3 is 25.2 Å². The molecule has 2 aliphatic heterocycles. The van der Waals surface area contributed by atoms with Gasteiger partial charge in [-0.2, -0.15) is 0 Å². The van der Waals surface area contributed by atoms with Crippen molar-refractivity contribution in [2.75, 3.05) is 56.2 Å². The lowest BCUT2D eigenvalue weighted by Gasteiger charge is -2.28. The molecule has 0 unspecified atom stereocenters. The Morgan fingerprint density at radius 3 is 2.70 bits per heavy atom. The molecule has 3 rings (SSSR count). The van der Waals surface area contributed by atoms with E-state index in [9.17, 15) is 14.4 Å². The number of hydrogen-bond acceptors (Lipinski definition) is 4. The number of benzene rings is 1. The van der Waals surface area contributed by atoms with Gasteiger partial charge in [0.05, 0.1) is 26.3 Å². The number of rotatable bonds is 4. The molecule has 8 heteroatoms. The molecule has 0 radical (unpaired) electrons. The predicted octanol–water partition coefficient (Wildman–Crippen LogP) is -1.04. The zero-order chi connectivity index (χ0) is 19.2. The summed E-state index contributed by atoms with van der Waals surface area (Å²) in [7, 11) is 0. The Morgan fingerprint density at radius 1 is 1.19 bits per heavy atom. The van der Waals surface area contributed by atoms with E-state index in [1.165, 1.54) is 4.90 Å². The lowest BCUT2D eigenvalue weighted by atomic mass is 10.0. The number of fused-ring (bicyclic) bond motifs is 1. The molecule has 8 nitrogen and oxygen atoms in total. The number of quaternary nitrogens is 1. The second-order valence-corrected chi connectivity index (χ2v) is 6.94. The van der Waals surface area contributed by atoms with Crippen LogP contribution in [0, 0.1) is 0 Å². The number of amides is 3. The Labute approximate surface area is 158 Å². The van der Waals surface area contributed by atoms with Gasteiger partial charge in [-0.15, -0.1) is 0 Å². The number of carbonyl (C=O) groups excluding carboxylic acids is 3. The summed E-state index contributed by atoms with van der Waals surface area (Å²) in [5.41, 5.74) is 2.45. The number of aryl methyl sites for hydroxylation is 1. The molecule has 2 heterocycles. The fourth-order valence-corrected chi connectivity index (χ4v) is 3.53. The van der Waals surface area contributed by atoms with E-state index in [1.807, 2.05) is 12.1 Å². The van der Waals surface area contributed by atoms with Crippen molar-refractivity contribution in [1.82, 2.24) is 5.32 Å². The van der Waals surface area contributed by atoms with Crippen LogP contribution in [-0.4, -0.2) is 63.7 Å². The summed E-state index contributed by atoms with van der Waals surface area (Å²) in [5, 5.41) is 5.31. The maximum Gasteiger partial charge on any atom is 0.313 e. The lowest BCUT2D eigenvalue weighted by Crippen LogP contribution is -3.14. The van der Waals surface area contributed by atoms with E-state index < -0.39 is 11.8 Å². The minimum atomic E-state index is -0.675. The third kappa shape index (κ3) is 5.05. The maximum absolute atomic E-state index is 12.1. The second kappa shape index (κ2) is 8.96. The van der Waals surface area contributed by atoms with Crippen LogP contribution >= 0.6 is 0 Å². The van der Waals surface area contributed by atoms with E-state index >= 15 is 0 Å². The van der Waals surface area contributed by atoms with Crippen LogP contribution in [-0.2, 0) is 25.5 Å². The molecule has 1 saturated heterocycles. The van der Waals surface area contributed by atoms with Gasteiger partial charge >= 0.3 is 11.8 Å². The molecule has 0 saturated carbocycles. The summed E-state index contributed by atoms with van der Waals surface area (Å²) in [6, 6.07) is 5.39. The monoisotopic (exact) mass is 375 g/mol. The summed E-state index contributed by atoms with van der Waals surface area (Å²) < 4.78 is 5.30. The minimum Gasteiger partial charge on any atom is -0.370 e. The molecule has 3 N–H and O–H groups in total. The van der Waals surface area contributed by atoms with Crippen LogP contribution in [0.2, 0.25) is 0 Å². The van der Waals surface area contributed by atoms with Crippen molar-refractivity contribution < 1.29 is 24.0 Å². The van der Waals surface area contributed by atoms with Crippen LogP contribution < -0.4 is 20.4 Å². The van der Waals surface area contributed by atoms with E-state index in [0.717, 1.165) is 56.9 Å². The van der Waals surface area contributed by atoms with E-state index in [1.54, 1.807) is 17.9 Å². The molecule has 1 fully saturated rings. The van der Waals surface area contributed by atoms with Crippen molar-refractivity contribution in [2.24, 2.45) is 0 Å². The Balaban J connectivity index is 1.51. The Hall–Kier alpha value is -2.45. The molecule has 1 aromatic rings. The minimum absolute atomic E-state index is 0.00881. The quantitative estimate of drug-likeness (QED) is 0.586. The molecule has 0 aliphatic carbocycles. The third-order valence-corrected chi connectivity index (χ3v) is 5.01. The van der Waals surface area contributed by atoms with E-state index in [-0.39, 0.29) is 5.91 Å². The van der Waals surface area contributed by atoms with Crippen molar-refractivity contribution in [3.63, 3.8) is 0 Å². The molecule has 1 aromatic carbocycles. The number of anilines is 2. The molecule has 0 bridgehead atoms. The van der Waals surface area contributed by atoms with Crippen LogP contribution in [0.15, 0.2) is 18.2 Å². The normalized spacial score (nSPS) is 17.1. The summed E-state index contributed by atoms with van der Waals surface area (Å²) >= 11 is 0. The standard InChI is InChI=1S/C19H26N4O4/c1-14(24)23-7-2-3-15-13-16(4-5-17(15)23)21-19(26)18(25)20-6-8-22-9-11-27-12-10-22/h4-5,13H,2-3,6-12H2,1H3,(H,20,25)(H,21,26)/p+1. The average Bonchev–Trinajstić information content (AvgIpc) is 2.68. The maximum atomic E-state index is 12.1.